The third kappa shape index (κ3) is 4.71. The van der Waals surface area contributed by atoms with Gasteiger partial charge in [0.15, 0.2) is 5.82 Å². The average molecular weight is 745 g/mol. The Hall–Kier alpha value is -7.14. The van der Waals surface area contributed by atoms with Gasteiger partial charge in [0.25, 0.3) is 0 Å². The van der Waals surface area contributed by atoms with E-state index in [1.807, 2.05) is 6.07 Å². The molecule has 0 atom stereocenters. The maximum atomic E-state index is 6.56. The van der Waals surface area contributed by atoms with Gasteiger partial charge in [-0.05, 0) is 62.7 Å². The first-order valence-electron chi connectivity index (χ1n) is 19.3. The van der Waals surface area contributed by atoms with Crippen LogP contribution in [0.15, 0.2) is 194 Å². The first-order chi connectivity index (χ1) is 28.3. The third-order valence-corrected chi connectivity index (χ3v) is 13.0. The summed E-state index contributed by atoms with van der Waals surface area (Å²) in [6.45, 7) is 0. The van der Waals surface area contributed by atoms with E-state index in [1.54, 1.807) is 11.3 Å². The molecule has 1 aliphatic heterocycles. The van der Waals surface area contributed by atoms with Gasteiger partial charge in [0.2, 0.25) is 0 Å². The topological polar surface area (TPSA) is 35.0 Å². The highest BCUT2D eigenvalue weighted by atomic mass is 32.1. The number of aromatic nitrogens is 2. The van der Waals surface area contributed by atoms with E-state index in [0.29, 0.717) is 0 Å². The predicted octanol–water partition coefficient (Wildman–Crippen LogP) is 14.0. The van der Waals surface area contributed by atoms with Gasteiger partial charge in [0.05, 0.1) is 21.3 Å². The van der Waals surface area contributed by atoms with E-state index < -0.39 is 5.41 Å². The van der Waals surface area contributed by atoms with Crippen molar-refractivity contribution in [1.82, 2.24) is 9.97 Å². The number of benzene rings is 8. The Kier molecular flexibility index (Phi) is 7.01. The number of rotatable bonds is 4. The summed E-state index contributed by atoms with van der Waals surface area (Å²) in [5.41, 5.74) is 15.6. The van der Waals surface area contributed by atoms with Crippen molar-refractivity contribution >= 4 is 31.6 Å². The molecule has 12 rings (SSSR count). The van der Waals surface area contributed by atoms with Gasteiger partial charge >= 0.3 is 0 Å². The van der Waals surface area contributed by atoms with E-state index in [2.05, 4.69) is 188 Å². The summed E-state index contributed by atoms with van der Waals surface area (Å²) in [5, 5.41) is 1.16. The maximum Gasteiger partial charge on any atom is 0.160 e. The second-order valence-corrected chi connectivity index (χ2v) is 15.9. The van der Waals surface area contributed by atoms with Crippen LogP contribution in [-0.2, 0) is 5.41 Å². The van der Waals surface area contributed by atoms with Crippen LogP contribution in [0.25, 0.3) is 76.3 Å². The van der Waals surface area contributed by atoms with Gasteiger partial charge < -0.3 is 4.74 Å². The quantitative estimate of drug-likeness (QED) is 0.180. The molecule has 1 aliphatic carbocycles. The molecule has 2 aromatic heterocycles. The Labute approximate surface area is 334 Å². The second kappa shape index (κ2) is 12.4. The van der Waals surface area contributed by atoms with Crippen molar-refractivity contribution in [3.05, 3.63) is 216 Å². The van der Waals surface area contributed by atoms with Crippen LogP contribution in [0.4, 0.5) is 0 Å². The lowest BCUT2D eigenvalue weighted by atomic mass is 9.66. The molecule has 0 bridgehead atoms. The molecule has 4 heteroatoms. The van der Waals surface area contributed by atoms with Gasteiger partial charge in [0, 0.05) is 32.3 Å². The van der Waals surface area contributed by atoms with Gasteiger partial charge in [-0.2, -0.15) is 0 Å². The molecule has 0 fully saturated rings. The molecule has 0 unspecified atom stereocenters. The number of fused-ring (bicyclic) bond motifs is 12. The van der Waals surface area contributed by atoms with Gasteiger partial charge in [-0.1, -0.05) is 176 Å². The van der Waals surface area contributed by atoms with Gasteiger partial charge in [0.1, 0.15) is 11.5 Å². The minimum atomic E-state index is -0.503. The standard InChI is InChI=1S/C53H32N2OS/c1-2-13-33(14-3-1)34-25-31-37(32-26-34)52-54-49(51-50(55-52)40-16-5-11-24-47(40)57-51)36-29-27-35(28-30-36)38-17-12-21-44-48(38)39-15-4-6-18-41(39)53(44)42-19-7-9-22-45(42)56-46-23-10-8-20-43(46)53/h1-32H. The van der Waals surface area contributed by atoms with Crippen LogP contribution in [0.1, 0.15) is 22.3 Å². The zero-order valence-electron chi connectivity index (χ0n) is 30.7. The predicted molar refractivity (Wildman–Crippen MR) is 234 cm³/mol. The number of ether oxygens (including phenoxy) is 1. The van der Waals surface area contributed by atoms with Crippen LogP contribution in [0.3, 0.4) is 0 Å². The summed E-state index contributed by atoms with van der Waals surface area (Å²) in [7, 11) is 0. The van der Waals surface area contributed by atoms with Crippen LogP contribution in [0.2, 0.25) is 0 Å². The molecule has 57 heavy (non-hydrogen) atoms. The SMILES string of the molecule is c1ccc(-c2ccc(-c3nc(-c4ccc(-c5cccc6c5-c5ccccc5C65c6ccccc6Oc6ccccc65)cc4)c4sc5ccccc5c4n3)cc2)cc1. The van der Waals surface area contributed by atoms with Crippen LogP contribution < -0.4 is 4.74 Å². The van der Waals surface area contributed by atoms with Crippen molar-refractivity contribution in [1.29, 1.82) is 0 Å². The lowest BCUT2D eigenvalue weighted by Crippen LogP contribution is -2.32. The van der Waals surface area contributed by atoms with E-state index in [4.69, 9.17) is 14.7 Å². The van der Waals surface area contributed by atoms with E-state index in [9.17, 15) is 0 Å². The monoisotopic (exact) mass is 744 g/mol. The molecule has 0 saturated carbocycles. The lowest BCUT2D eigenvalue weighted by Gasteiger charge is -2.39. The van der Waals surface area contributed by atoms with Gasteiger partial charge in [-0.15, -0.1) is 11.3 Å². The van der Waals surface area contributed by atoms with Crippen molar-refractivity contribution in [2.24, 2.45) is 0 Å². The molecule has 8 aromatic carbocycles. The number of para-hydroxylation sites is 2. The Morgan fingerprint density at radius 1 is 0.404 bits per heavy atom. The third-order valence-electron chi connectivity index (χ3n) is 11.8. The van der Waals surface area contributed by atoms with Crippen LogP contribution in [-0.4, -0.2) is 9.97 Å². The zero-order chi connectivity index (χ0) is 37.5. The van der Waals surface area contributed by atoms with Crippen molar-refractivity contribution in [3.8, 4) is 67.5 Å². The van der Waals surface area contributed by atoms with E-state index in [0.717, 1.165) is 55.3 Å². The van der Waals surface area contributed by atoms with Crippen molar-refractivity contribution in [3.63, 3.8) is 0 Å². The van der Waals surface area contributed by atoms with Gasteiger partial charge in [-0.25, -0.2) is 9.97 Å². The summed E-state index contributed by atoms with van der Waals surface area (Å²) < 4.78 is 8.87. The highest BCUT2D eigenvalue weighted by Gasteiger charge is 2.51. The molecule has 1 spiro atoms. The number of thiophene rings is 1. The molecular formula is C53H32N2OS. The molecule has 0 amide bonds. The summed E-state index contributed by atoms with van der Waals surface area (Å²) in [6.07, 6.45) is 0. The zero-order valence-corrected chi connectivity index (χ0v) is 31.5. The minimum Gasteiger partial charge on any atom is -0.457 e. The molecule has 0 saturated heterocycles. The number of nitrogens with zero attached hydrogens (tertiary/aromatic N) is 2. The van der Waals surface area contributed by atoms with E-state index in [1.165, 1.54) is 54.8 Å². The number of hydrogen-bond acceptors (Lipinski definition) is 4. The van der Waals surface area contributed by atoms with Crippen LogP contribution in [0.5, 0.6) is 11.5 Å². The molecule has 0 N–H and O–H groups in total. The average Bonchev–Trinajstić information content (AvgIpc) is 3.81. The summed E-state index contributed by atoms with van der Waals surface area (Å²) in [4.78, 5) is 10.5. The molecule has 3 nitrogen and oxygen atoms in total. The summed E-state index contributed by atoms with van der Waals surface area (Å²) in [5.74, 6) is 2.53. The Morgan fingerprint density at radius 2 is 0.965 bits per heavy atom. The minimum absolute atomic E-state index is 0.503. The molecule has 0 radical (unpaired) electrons. The molecule has 10 aromatic rings. The van der Waals surface area contributed by atoms with Crippen molar-refractivity contribution in [2.75, 3.05) is 0 Å². The normalized spacial score (nSPS) is 13.2. The van der Waals surface area contributed by atoms with E-state index in [-0.39, 0.29) is 0 Å². The Bertz CT molecular complexity index is 3160. The lowest BCUT2D eigenvalue weighted by molar-refractivity contribution is 0.436. The summed E-state index contributed by atoms with van der Waals surface area (Å²) >= 11 is 1.76. The smallest absolute Gasteiger partial charge is 0.160 e. The van der Waals surface area contributed by atoms with E-state index >= 15 is 0 Å². The van der Waals surface area contributed by atoms with Crippen LogP contribution >= 0.6 is 11.3 Å². The fourth-order valence-electron chi connectivity index (χ4n) is 9.31. The Balaban J connectivity index is 1.01. The molecule has 2 aliphatic rings. The van der Waals surface area contributed by atoms with Crippen molar-refractivity contribution in [2.45, 2.75) is 5.41 Å². The molecule has 266 valence electrons. The van der Waals surface area contributed by atoms with Crippen LogP contribution in [0, 0.1) is 0 Å². The largest absolute Gasteiger partial charge is 0.457 e. The molecule has 3 heterocycles. The maximum absolute atomic E-state index is 6.56. The van der Waals surface area contributed by atoms with Gasteiger partial charge in [-0.3, -0.25) is 0 Å². The molecular weight excluding hydrogens is 713 g/mol. The fraction of sp³-hybridized carbons (Fsp3) is 0.0189. The Morgan fingerprint density at radius 3 is 1.74 bits per heavy atom. The summed E-state index contributed by atoms with van der Waals surface area (Å²) in [6, 6.07) is 69.4. The number of hydrogen-bond donors (Lipinski definition) is 0. The van der Waals surface area contributed by atoms with Crippen molar-refractivity contribution < 1.29 is 4.74 Å². The fourth-order valence-corrected chi connectivity index (χ4v) is 10.5. The first kappa shape index (κ1) is 32.1. The first-order valence-corrected chi connectivity index (χ1v) is 20.1. The highest BCUT2D eigenvalue weighted by molar-refractivity contribution is 7.26. The highest BCUT2D eigenvalue weighted by Crippen LogP contribution is 2.63. The second-order valence-electron chi connectivity index (χ2n) is 14.8.